The van der Waals surface area contributed by atoms with Gasteiger partial charge in [-0.25, -0.2) is 0 Å². The highest BCUT2D eigenvalue weighted by molar-refractivity contribution is 14.1. The molecule has 0 bridgehead atoms. The van der Waals surface area contributed by atoms with Crippen molar-refractivity contribution in [1.82, 2.24) is 0 Å². The van der Waals surface area contributed by atoms with Gasteiger partial charge in [-0.15, -0.1) is 0 Å². The van der Waals surface area contributed by atoms with E-state index in [1.54, 1.807) is 7.11 Å². The normalized spacial score (nSPS) is 10.4. The number of ether oxygens (including phenoxy) is 1. The predicted octanol–water partition coefficient (Wildman–Crippen LogP) is 4.91. The molecule has 0 saturated heterocycles. The summed E-state index contributed by atoms with van der Waals surface area (Å²) in [6, 6.07) is 9.54. The van der Waals surface area contributed by atoms with Crippen LogP contribution in [0, 0.1) is 17.4 Å². The number of rotatable bonds is 3. The number of ketones is 1. The number of halogens is 2. The lowest BCUT2D eigenvalue weighted by Gasteiger charge is -2.11. The third-order valence-electron chi connectivity index (χ3n) is 3.16. The monoisotopic (exact) mass is 444 g/mol. The summed E-state index contributed by atoms with van der Waals surface area (Å²) in [4.78, 5) is 12.7. The maximum absolute atomic E-state index is 12.7. The van der Waals surface area contributed by atoms with Crippen LogP contribution in [0.2, 0.25) is 0 Å². The molecule has 0 aliphatic carbocycles. The summed E-state index contributed by atoms with van der Waals surface area (Å²) >= 11 is 5.60. The van der Waals surface area contributed by atoms with Crippen LogP contribution in [0.3, 0.4) is 0 Å². The summed E-state index contributed by atoms with van der Waals surface area (Å²) in [6.07, 6.45) is 0. The van der Waals surface area contributed by atoms with E-state index in [1.807, 2.05) is 44.2 Å². The highest BCUT2D eigenvalue weighted by Crippen LogP contribution is 2.27. The van der Waals surface area contributed by atoms with Crippen LogP contribution < -0.4 is 4.74 Å². The van der Waals surface area contributed by atoms with Crippen molar-refractivity contribution in [1.29, 1.82) is 0 Å². The molecule has 0 N–H and O–H groups in total. The minimum absolute atomic E-state index is 0.0407. The van der Waals surface area contributed by atoms with Crippen molar-refractivity contribution >= 4 is 44.3 Å². The van der Waals surface area contributed by atoms with Gasteiger partial charge in [0.2, 0.25) is 0 Å². The molecule has 0 aliphatic heterocycles. The lowest BCUT2D eigenvalue weighted by atomic mass is 9.97. The Morgan fingerprint density at radius 3 is 2.45 bits per heavy atom. The van der Waals surface area contributed by atoms with Crippen LogP contribution in [0.25, 0.3) is 0 Å². The van der Waals surface area contributed by atoms with Gasteiger partial charge >= 0.3 is 0 Å². The zero-order valence-corrected chi connectivity index (χ0v) is 15.2. The van der Waals surface area contributed by atoms with Crippen LogP contribution >= 0.6 is 38.5 Å². The summed E-state index contributed by atoms with van der Waals surface area (Å²) in [5.41, 5.74) is 3.33. The molecule has 0 heterocycles. The molecule has 2 aromatic rings. The van der Waals surface area contributed by atoms with Gasteiger partial charge in [-0.2, -0.15) is 0 Å². The highest BCUT2D eigenvalue weighted by atomic mass is 127. The molecule has 2 aromatic carbocycles. The molecule has 0 unspecified atom stereocenters. The van der Waals surface area contributed by atoms with E-state index < -0.39 is 0 Å². The predicted molar refractivity (Wildman–Crippen MR) is 92.8 cm³/mol. The standard InChI is InChI=1S/C16H14BrIO2/c1-9-7-15(20-3)10(2)6-12(9)16(19)13-8-11(17)4-5-14(13)18/h4-8H,1-3H3. The summed E-state index contributed by atoms with van der Waals surface area (Å²) in [6.45, 7) is 3.88. The fraction of sp³-hybridized carbons (Fsp3) is 0.188. The molecule has 2 rings (SSSR count). The second kappa shape index (κ2) is 6.26. The molecule has 0 fully saturated rings. The van der Waals surface area contributed by atoms with Crippen molar-refractivity contribution < 1.29 is 9.53 Å². The minimum atomic E-state index is 0.0407. The van der Waals surface area contributed by atoms with Gasteiger partial charge in [-0.05, 0) is 77.9 Å². The average Bonchev–Trinajstić information content (AvgIpc) is 2.42. The number of carbonyl (C=O) groups is 1. The maximum atomic E-state index is 12.7. The third kappa shape index (κ3) is 3.06. The van der Waals surface area contributed by atoms with Gasteiger partial charge in [0, 0.05) is 19.2 Å². The van der Waals surface area contributed by atoms with Crippen molar-refractivity contribution in [2.24, 2.45) is 0 Å². The van der Waals surface area contributed by atoms with E-state index in [0.29, 0.717) is 5.56 Å². The second-order valence-corrected chi connectivity index (χ2v) is 6.67. The fourth-order valence-electron chi connectivity index (χ4n) is 2.07. The molecule has 0 atom stereocenters. The Morgan fingerprint density at radius 2 is 1.80 bits per heavy atom. The van der Waals surface area contributed by atoms with Crippen LogP contribution in [0.4, 0.5) is 0 Å². The largest absolute Gasteiger partial charge is 0.496 e. The van der Waals surface area contributed by atoms with Gasteiger partial charge in [-0.1, -0.05) is 15.9 Å². The summed E-state index contributed by atoms with van der Waals surface area (Å²) in [5, 5.41) is 0. The average molecular weight is 445 g/mol. The van der Waals surface area contributed by atoms with Crippen LogP contribution in [-0.4, -0.2) is 12.9 Å². The molecule has 20 heavy (non-hydrogen) atoms. The Morgan fingerprint density at radius 1 is 1.10 bits per heavy atom. The van der Waals surface area contributed by atoms with E-state index in [0.717, 1.165) is 30.5 Å². The van der Waals surface area contributed by atoms with Crippen molar-refractivity contribution in [3.05, 3.63) is 60.6 Å². The molecule has 104 valence electrons. The molecule has 0 spiro atoms. The fourth-order valence-corrected chi connectivity index (χ4v) is 3.01. The SMILES string of the molecule is COc1cc(C)c(C(=O)c2cc(Br)ccc2I)cc1C. The Balaban J connectivity index is 2.54. The van der Waals surface area contributed by atoms with Crippen molar-refractivity contribution in [3.63, 3.8) is 0 Å². The maximum Gasteiger partial charge on any atom is 0.194 e. The Bertz CT molecular complexity index is 680. The van der Waals surface area contributed by atoms with E-state index >= 15 is 0 Å². The topological polar surface area (TPSA) is 26.3 Å². The van der Waals surface area contributed by atoms with Gasteiger partial charge < -0.3 is 4.74 Å². The van der Waals surface area contributed by atoms with E-state index in [1.165, 1.54) is 0 Å². The van der Waals surface area contributed by atoms with E-state index in [2.05, 4.69) is 38.5 Å². The quantitative estimate of drug-likeness (QED) is 0.496. The van der Waals surface area contributed by atoms with E-state index in [-0.39, 0.29) is 5.78 Å². The highest BCUT2D eigenvalue weighted by Gasteiger charge is 2.17. The number of benzene rings is 2. The number of methoxy groups -OCH3 is 1. The van der Waals surface area contributed by atoms with Crippen LogP contribution in [0.15, 0.2) is 34.8 Å². The van der Waals surface area contributed by atoms with Gasteiger partial charge in [0.1, 0.15) is 5.75 Å². The van der Waals surface area contributed by atoms with Gasteiger partial charge in [-0.3, -0.25) is 4.79 Å². The first-order chi connectivity index (χ1) is 9.43. The molecule has 0 radical (unpaired) electrons. The lowest BCUT2D eigenvalue weighted by molar-refractivity contribution is 0.103. The molecule has 0 saturated carbocycles. The van der Waals surface area contributed by atoms with Crippen molar-refractivity contribution in [2.45, 2.75) is 13.8 Å². The molecule has 0 aromatic heterocycles. The molecule has 0 aliphatic rings. The number of carbonyl (C=O) groups excluding carboxylic acids is 1. The summed E-state index contributed by atoms with van der Waals surface area (Å²) in [5.74, 6) is 0.849. The third-order valence-corrected chi connectivity index (χ3v) is 4.59. The zero-order chi connectivity index (χ0) is 14.9. The first-order valence-electron chi connectivity index (χ1n) is 6.09. The second-order valence-electron chi connectivity index (χ2n) is 4.59. The van der Waals surface area contributed by atoms with Crippen LogP contribution in [0.1, 0.15) is 27.0 Å². The molecule has 2 nitrogen and oxygen atoms in total. The first-order valence-corrected chi connectivity index (χ1v) is 7.96. The molecular formula is C16H14BrIO2. The number of aryl methyl sites for hydroxylation is 2. The first kappa shape index (κ1) is 15.5. The number of hydrogen-bond acceptors (Lipinski definition) is 2. The Labute approximate surface area is 140 Å². The molecule has 4 heteroatoms. The number of hydrogen-bond donors (Lipinski definition) is 0. The van der Waals surface area contributed by atoms with E-state index in [9.17, 15) is 4.79 Å². The lowest BCUT2D eigenvalue weighted by Crippen LogP contribution is -2.07. The Hall–Kier alpha value is -0.880. The van der Waals surface area contributed by atoms with Gasteiger partial charge in [0.05, 0.1) is 7.11 Å². The zero-order valence-electron chi connectivity index (χ0n) is 11.5. The van der Waals surface area contributed by atoms with Crippen molar-refractivity contribution in [2.75, 3.05) is 7.11 Å². The Kier molecular flexibility index (Phi) is 4.86. The van der Waals surface area contributed by atoms with Gasteiger partial charge in [0.25, 0.3) is 0 Å². The van der Waals surface area contributed by atoms with Crippen molar-refractivity contribution in [3.8, 4) is 5.75 Å². The summed E-state index contributed by atoms with van der Waals surface area (Å²) in [7, 11) is 1.64. The smallest absolute Gasteiger partial charge is 0.194 e. The van der Waals surface area contributed by atoms with Crippen LogP contribution in [0.5, 0.6) is 5.75 Å². The minimum Gasteiger partial charge on any atom is -0.496 e. The molecular weight excluding hydrogens is 431 g/mol. The van der Waals surface area contributed by atoms with Crippen LogP contribution in [-0.2, 0) is 0 Å². The van der Waals surface area contributed by atoms with E-state index in [4.69, 9.17) is 4.74 Å². The molecule has 0 amide bonds. The summed E-state index contributed by atoms with van der Waals surface area (Å²) < 4.78 is 7.14. The van der Waals surface area contributed by atoms with Gasteiger partial charge in [0.15, 0.2) is 5.78 Å².